The van der Waals surface area contributed by atoms with E-state index in [1.807, 2.05) is 38.4 Å². The van der Waals surface area contributed by atoms with Crippen molar-refractivity contribution in [1.82, 2.24) is 20.1 Å². The molecule has 2 aromatic heterocycles. The molecule has 0 aliphatic carbocycles. The van der Waals surface area contributed by atoms with Crippen LogP contribution < -0.4 is 10.6 Å². The molecule has 28 heavy (non-hydrogen) atoms. The number of hydrogen-bond donors (Lipinski definition) is 2. The van der Waals surface area contributed by atoms with Gasteiger partial charge in [-0.05, 0) is 50.1 Å². The molecule has 0 unspecified atom stereocenters. The number of nitrogens with one attached hydrogen (secondary N) is 2. The first-order valence-electron chi connectivity index (χ1n) is 9.33. The average molecular weight is 379 g/mol. The van der Waals surface area contributed by atoms with Crippen molar-refractivity contribution in [2.24, 2.45) is 0 Å². The lowest BCUT2D eigenvalue weighted by molar-refractivity contribution is 0.0962. The molecule has 3 rings (SSSR count). The van der Waals surface area contributed by atoms with Gasteiger partial charge in [0.2, 0.25) is 0 Å². The normalized spacial score (nSPS) is 11.2. The second kappa shape index (κ2) is 7.80. The first-order chi connectivity index (χ1) is 13.3. The molecule has 7 heteroatoms. The summed E-state index contributed by atoms with van der Waals surface area (Å²) >= 11 is 0. The van der Waals surface area contributed by atoms with E-state index in [2.05, 4.69) is 15.7 Å². The number of hydrogen-bond acceptors (Lipinski definition) is 4. The first kappa shape index (κ1) is 19.5. The number of carbonyl (C=O) groups excluding carboxylic acids is 2. The van der Waals surface area contributed by atoms with Crippen molar-refractivity contribution in [3.8, 4) is 0 Å². The van der Waals surface area contributed by atoms with Gasteiger partial charge in [0.25, 0.3) is 11.8 Å². The van der Waals surface area contributed by atoms with E-state index >= 15 is 0 Å². The van der Waals surface area contributed by atoms with E-state index in [1.165, 1.54) is 0 Å². The minimum absolute atomic E-state index is 0.139. The number of amides is 2. The maximum absolute atomic E-state index is 13.0. The van der Waals surface area contributed by atoms with E-state index in [1.54, 1.807) is 37.5 Å². The molecular weight excluding hydrogens is 354 g/mol. The van der Waals surface area contributed by atoms with Crippen LogP contribution in [0.5, 0.6) is 0 Å². The van der Waals surface area contributed by atoms with Crippen LogP contribution in [0.15, 0.2) is 36.5 Å². The van der Waals surface area contributed by atoms with E-state index in [0.717, 1.165) is 11.1 Å². The highest BCUT2D eigenvalue weighted by Gasteiger charge is 2.19. The number of anilines is 1. The van der Waals surface area contributed by atoms with Gasteiger partial charge in [-0.1, -0.05) is 13.8 Å². The zero-order valence-electron chi connectivity index (χ0n) is 16.8. The van der Waals surface area contributed by atoms with Crippen molar-refractivity contribution < 1.29 is 9.59 Å². The lowest BCUT2D eigenvalue weighted by Gasteiger charge is -2.12. The monoisotopic (exact) mass is 379 g/mol. The van der Waals surface area contributed by atoms with Gasteiger partial charge in [-0.2, -0.15) is 5.10 Å². The van der Waals surface area contributed by atoms with Crippen LogP contribution in [-0.2, 0) is 0 Å². The molecule has 0 saturated heterocycles. The highest BCUT2D eigenvalue weighted by molar-refractivity contribution is 6.12. The minimum atomic E-state index is -0.231. The summed E-state index contributed by atoms with van der Waals surface area (Å²) in [6, 6.07) is 8.73. The molecule has 0 saturated carbocycles. The number of aromatic nitrogens is 3. The lowest BCUT2D eigenvalue weighted by atomic mass is 10.0. The zero-order valence-corrected chi connectivity index (χ0v) is 16.8. The molecule has 146 valence electrons. The van der Waals surface area contributed by atoms with Gasteiger partial charge >= 0.3 is 0 Å². The van der Waals surface area contributed by atoms with Crippen LogP contribution in [0.1, 0.15) is 66.1 Å². The zero-order chi connectivity index (χ0) is 20.4. The Bertz CT molecular complexity index is 1020. The third kappa shape index (κ3) is 3.74. The van der Waals surface area contributed by atoms with Crippen LogP contribution in [0.25, 0.3) is 11.0 Å². The van der Waals surface area contributed by atoms with Crippen molar-refractivity contribution in [2.45, 2.75) is 39.7 Å². The fourth-order valence-corrected chi connectivity index (χ4v) is 2.95. The number of rotatable bonds is 5. The van der Waals surface area contributed by atoms with Gasteiger partial charge in [0.1, 0.15) is 0 Å². The largest absolute Gasteiger partial charge is 0.355 e. The van der Waals surface area contributed by atoms with Crippen LogP contribution in [0.4, 0.5) is 5.69 Å². The molecular formula is C21H25N5O2. The summed E-state index contributed by atoms with van der Waals surface area (Å²) in [6.07, 6.45) is 1.69. The second-order valence-electron chi connectivity index (χ2n) is 7.28. The second-order valence-corrected chi connectivity index (χ2v) is 7.28. The smallest absolute Gasteiger partial charge is 0.256 e. The quantitative estimate of drug-likeness (QED) is 0.707. The van der Waals surface area contributed by atoms with E-state index in [0.29, 0.717) is 22.5 Å². The van der Waals surface area contributed by atoms with Crippen LogP contribution in [0.3, 0.4) is 0 Å². The number of carbonyl (C=O) groups is 2. The van der Waals surface area contributed by atoms with E-state index in [4.69, 9.17) is 4.98 Å². The molecule has 1 aromatic carbocycles. The Morgan fingerprint density at radius 1 is 1.04 bits per heavy atom. The maximum atomic E-state index is 13.0. The molecule has 0 fully saturated rings. The van der Waals surface area contributed by atoms with Gasteiger partial charge in [0.15, 0.2) is 5.65 Å². The molecule has 0 spiro atoms. The van der Waals surface area contributed by atoms with Crippen LogP contribution in [0.2, 0.25) is 0 Å². The van der Waals surface area contributed by atoms with Crippen LogP contribution >= 0.6 is 0 Å². The van der Waals surface area contributed by atoms with Gasteiger partial charge < -0.3 is 10.6 Å². The van der Waals surface area contributed by atoms with Crippen LogP contribution in [-0.4, -0.2) is 33.6 Å². The lowest BCUT2D eigenvalue weighted by Crippen LogP contribution is -2.18. The van der Waals surface area contributed by atoms with Crippen molar-refractivity contribution >= 4 is 28.5 Å². The summed E-state index contributed by atoms with van der Waals surface area (Å²) in [7, 11) is 1.58. The molecule has 0 bridgehead atoms. The molecule has 0 aliphatic heterocycles. The first-order valence-corrected chi connectivity index (χ1v) is 9.33. The summed E-state index contributed by atoms with van der Waals surface area (Å²) in [4.78, 5) is 29.4. The highest BCUT2D eigenvalue weighted by Crippen LogP contribution is 2.25. The standard InChI is InChI=1S/C21H25N5O2/c1-12(2)18-10-16(17-11-23-26(13(3)4)19(17)25-18)21(28)24-15-8-6-14(7-9-15)20(27)22-5/h6-13H,1-5H3,(H,22,27)(H,24,28). The van der Waals surface area contributed by atoms with Crippen molar-refractivity contribution in [1.29, 1.82) is 0 Å². The van der Waals surface area contributed by atoms with Gasteiger partial charge in [-0.15, -0.1) is 0 Å². The molecule has 7 nitrogen and oxygen atoms in total. The highest BCUT2D eigenvalue weighted by atomic mass is 16.2. The summed E-state index contributed by atoms with van der Waals surface area (Å²) in [6.45, 7) is 8.15. The predicted molar refractivity (Wildman–Crippen MR) is 110 cm³/mol. The topological polar surface area (TPSA) is 88.9 Å². The number of benzene rings is 1. The Labute approximate surface area is 164 Å². The number of nitrogens with zero attached hydrogens (tertiary/aromatic N) is 3. The number of pyridine rings is 1. The van der Waals surface area contributed by atoms with Crippen LogP contribution in [0, 0.1) is 0 Å². The summed E-state index contributed by atoms with van der Waals surface area (Å²) in [5, 5.41) is 10.6. The molecule has 0 atom stereocenters. The Morgan fingerprint density at radius 2 is 1.71 bits per heavy atom. The fourth-order valence-electron chi connectivity index (χ4n) is 2.95. The Kier molecular flexibility index (Phi) is 5.44. The van der Waals surface area contributed by atoms with E-state index in [-0.39, 0.29) is 23.8 Å². The molecule has 2 amide bonds. The molecule has 2 heterocycles. The average Bonchev–Trinajstić information content (AvgIpc) is 3.11. The fraction of sp³-hybridized carbons (Fsp3) is 0.333. The molecule has 3 aromatic rings. The molecule has 2 N–H and O–H groups in total. The molecule has 0 aliphatic rings. The third-order valence-corrected chi connectivity index (χ3v) is 4.54. The summed E-state index contributed by atoms with van der Waals surface area (Å²) in [5.74, 6) is -0.222. The summed E-state index contributed by atoms with van der Waals surface area (Å²) < 4.78 is 1.83. The summed E-state index contributed by atoms with van der Waals surface area (Å²) in [5.41, 5.74) is 3.24. The van der Waals surface area contributed by atoms with E-state index < -0.39 is 0 Å². The Balaban J connectivity index is 1.97. The maximum Gasteiger partial charge on any atom is 0.256 e. The predicted octanol–water partition coefficient (Wildman–Crippen LogP) is 3.75. The van der Waals surface area contributed by atoms with Gasteiger partial charge in [0.05, 0.1) is 17.1 Å². The number of fused-ring (bicyclic) bond motifs is 1. The van der Waals surface area contributed by atoms with Gasteiger partial charge in [-0.25, -0.2) is 9.67 Å². The van der Waals surface area contributed by atoms with Crippen molar-refractivity contribution in [2.75, 3.05) is 12.4 Å². The van der Waals surface area contributed by atoms with Gasteiger partial charge in [0, 0.05) is 30.0 Å². The minimum Gasteiger partial charge on any atom is -0.355 e. The Hall–Kier alpha value is -3.22. The van der Waals surface area contributed by atoms with Crippen molar-refractivity contribution in [3.05, 3.63) is 53.3 Å². The molecule has 0 radical (unpaired) electrons. The Morgan fingerprint density at radius 3 is 2.29 bits per heavy atom. The van der Waals surface area contributed by atoms with E-state index in [9.17, 15) is 9.59 Å². The van der Waals surface area contributed by atoms with Gasteiger partial charge in [-0.3, -0.25) is 9.59 Å². The third-order valence-electron chi connectivity index (χ3n) is 4.54. The van der Waals surface area contributed by atoms with Crippen molar-refractivity contribution in [3.63, 3.8) is 0 Å². The SMILES string of the molecule is CNC(=O)c1ccc(NC(=O)c2cc(C(C)C)nc3c2cnn3C(C)C)cc1.